The molecule has 0 unspecified atom stereocenters. The number of amides is 2. The Balaban J connectivity index is 1.63. The zero-order valence-electron chi connectivity index (χ0n) is 19.8. The van der Waals surface area contributed by atoms with E-state index in [1.54, 1.807) is 17.9 Å². The Labute approximate surface area is 198 Å². The van der Waals surface area contributed by atoms with Crippen molar-refractivity contribution < 1.29 is 23.1 Å². The molecule has 2 amide bonds. The molecule has 8 heteroatoms. The number of carbonyl (C=O) groups excluding carboxylic acids is 2. The third-order valence-electron chi connectivity index (χ3n) is 6.94. The molecule has 0 radical (unpaired) electrons. The first-order chi connectivity index (χ1) is 16.2. The van der Waals surface area contributed by atoms with Crippen LogP contribution in [-0.2, 0) is 15.0 Å². The van der Waals surface area contributed by atoms with Gasteiger partial charge in [-0.1, -0.05) is 44.5 Å². The number of hydrogen-bond donors (Lipinski definition) is 1. The summed E-state index contributed by atoms with van der Waals surface area (Å²) in [7, 11) is 0. The smallest absolute Gasteiger partial charge is 0.388 e. The first-order valence-electron chi connectivity index (χ1n) is 11.8. The number of likely N-dealkylation sites (tertiary alicyclic amines) is 1. The van der Waals surface area contributed by atoms with Crippen LogP contribution < -0.4 is 10.1 Å². The third kappa shape index (κ3) is 4.76. The van der Waals surface area contributed by atoms with E-state index in [2.05, 4.69) is 28.9 Å². The first kappa shape index (κ1) is 24.1. The van der Waals surface area contributed by atoms with E-state index in [0.29, 0.717) is 18.0 Å². The zero-order valence-corrected chi connectivity index (χ0v) is 19.8. The van der Waals surface area contributed by atoms with Crippen LogP contribution in [0.5, 0.6) is 5.88 Å². The molecule has 2 heterocycles. The van der Waals surface area contributed by atoms with Gasteiger partial charge in [-0.05, 0) is 54.9 Å². The van der Waals surface area contributed by atoms with Crippen molar-refractivity contribution in [3.63, 3.8) is 0 Å². The van der Waals surface area contributed by atoms with Crippen LogP contribution in [0.4, 0.5) is 14.5 Å². The largest absolute Gasteiger partial charge is 0.415 e. The van der Waals surface area contributed by atoms with E-state index < -0.39 is 12.0 Å². The van der Waals surface area contributed by atoms with Gasteiger partial charge in [-0.15, -0.1) is 0 Å². The second-order valence-electron chi connectivity index (χ2n) is 9.71. The number of hydrogen-bond acceptors (Lipinski definition) is 4. The standard InChI is InChI=1S/C26H31F2N3O3/c1-16(2)19-9-4-5-10-20(19)26(14-31(15-26)22(32)13-18-7-6-8-18)24(33)30-21-12-11-17(3)29-23(21)34-25(27)28/h4-5,9-12,16,18,25H,6-8,13-15H2,1-3H3,(H,30,33). The maximum Gasteiger partial charge on any atom is 0.388 e. The summed E-state index contributed by atoms with van der Waals surface area (Å²) in [6.45, 7) is 3.20. The molecule has 1 N–H and O–H groups in total. The van der Waals surface area contributed by atoms with Crippen molar-refractivity contribution in [1.82, 2.24) is 9.88 Å². The minimum absolute atomic E-state index is 0.0638. The molecular weight excluding hydrogens is 440 g/mol. The Bertz CT molecular complexity index is 1060. The van der Waals surface area contributed by atoms with Crippen LogP contribution in [0.25, 0.3) is 0 Å². The van der Waals surface area contributed by atoms with Gasteiger partial charge in [0, 0.05) is 25.2 Å². The van der Waals surface area contributed by atoms with E-state index in [0.717, 1.165) is 24.0 Å². The lowest BCUT2D eigenvalue weighted by Crippen LogP contribution is -2.66. The van der Waals surface area contributed by atoms with Crippen molar-refractivity contribution in [2.24, 2.45) is 5.92 Å². The number of anilines is 1. The number of ether oxygens (including phenoxy) is 1. The zero-order chi connectivity index (χ0) is 24.5. The lowest BCUT2D eigenvalue weighted by Gasteiger charge is -2.50. The van der Waals surface area contributed by atoms with Gasteiger partial charge < -0.3 is 15.0 Å². The number of rotatable bonds is 8. The molecule has 6 nitrogen and oxygen atoms in total. The molecule has 0 spiro atoms. The van der Waals surface area contributed by atoms with Crippen LogP contribution >= 0.6 is 0 Å². The quantitative estimate of drug-likeness (QED) is 0.587. The maximum absolute atomic E-state index is 13.8. The number of halogens is 2. The molecule has 2 aromatic rings. The van der Waals surface area contributed by atoms with Crippen LogP contribution in [0.15, 0.2) is 36.4 Å². The van der Waals surface area contributed by atoms with Gasteiger partial charge in [0.2, 0.25) is 17.7 Å². The van der Waals surface area contributed by atoms with Gasteiger partial charge in [-0.2, -0.15) is 8.78 Å². The summed E-state index contributed by atoms with van der Waals surface area (Å²) >= 11 is 0. The molecular formula is C26H31F2N3O3. The topological polar surface area (TPSA) is 71.5 Å². The molecule has 1 aliphatic heterocycles. The van der Waals surface area contributed by atoms with E-state index in [1.807, 2.05) is 24.3 Å². The number of aryl methyl sites for hydroxylation is 1. The molecule has 182 valence electrons. The van der Waals surface area contributed by atoms with Gasteiger partial charge in [0.05, 0.1) is 0 Å². The van der Waals surface area contributed by atoms with Crippen molar-refractivity contribution >= 4 is 17.5 Å². The molecule has 0 bridgehead atoms. The summed E-state index contributed by atoms with van der Waals surface area (Å²) in [5, 5.41) is 2.78. The van der Waals surface area contributed by atoms with Crippen LogP contribution in [0.3, 0.4) is 0 Å². The molecule has 1 saturated carbocycles. The number of aromatic nitrogens is 1. The number of benzene rings is 1. The Hall–Kier alpha value is -3.03. The van der Waals surface area contributed by atoms with Crippen LogP contribution in [0.1, 0.15) is 62.3 Å². The van der Waals surface area contributed by atoms with E-state index >= 15 is 0 Å². The summed E-state index contributed by atoms with van der Waals surface area (Å²) in [6, 6.07) is 10.9. The van der Waals surface area contributed by atoms with Gasteiger partial charge in [-0.25, -0.2) is 4.98 Å². The Morgan fingerprint density at radius 1 is 1.18 bits per heavy atom. The highest BCUT2D eigenvalue weighted by Crippen LogP contribution is 2.41. The second kappa shape index (κ2) is 9.68. The van der Waals surface area contributed by atoms with E-state index in [-0.39, 0.29) is 42.4 Å². The van der Waals surface area contributed by atoms with E-state index in [4.69, 9.17) is 0 Å². The van der Waals surface area contributed by atoms with Gasteiger partial charge >= 0.3 is 6.61 Å². The Morgan fingerprint density at radius 3 is 2.50 bits per heavy atom. The molecule has 1 aliphatic carbocycles. The highest BCUT2D eigenvalue weighted by molar-refractivity contribution is 6.02. The van der Waals surface area contributed by atoms with Crippen LogP contribution in [0.2, 0.25) is 0 Å². The van der Waals surface area contributed by atoms with Gasteiger partial charge in [0.25, 0.3) is 0 Å². The van der Waals surface area contributed by atoms with Crippen LogP contribution in [-0.4, -0.2) is 41.4 Å². The Morgan fingerprint density at radius 2 is 1.88 bits per heavy atom. The average molecular weight is 472 g/mol. The fourth-order valence-electron chi connectivity index (χ4n) is 4.77. The summed E-state index contributed by atoms with van der Waals surface area (Å²) in [5.74, 6) is -0.0221. The molecule has 2 aliphatic rings. The number of alkyl halides is 2. The highest BCUT2D eigenvalue weighted by Gasteiger charge is 2.53. The van der Waals surface area contributed by atoms with E-state index in [9.17, 15) is 18.4 Å². The third-order valence-corrected chi connectivity index (χ3v) is 6.94. The molecule has 1 saturated heterocycles. The van der Waals surface area contributed by atoms with Crippen molar-refractivity contribution in [3.8, 4) is 5.88 Å². The van der Waals surface area contributed by atoms with Crippen molar-refractivity contribution in [2.45, 2.75) is 64.4 Å². The second-order valence-corrected chi connectivity index (χ2v) is 9.71. The van der Waals surface area contributed by atoms with Crippen molar-refractivity contribution in [2.75, 3.05) is 18.4 Å². The number of pyridine rings is 1. The maximum atomic E-state index is 13.8. The normalized spacial score (nSPS) is 17.3. The van der Waals surface area contributed by atoms with Gasteiger partial charge in [-0.3, -0.25) is 9.59 Å². The fraction of sp³-hybridized carbons (Fsp3) is 0.500. The molecule has 1 aromatic carbocycles. The van der Waals surface area contributed by atoms with E-state index in [1.165, 1.54) is 12.5 Å². The van der Waals surface area contributed by atoms with Gasteiger partial charge in [0.15, 0.2) is 0 Å². The first-order valence-corrected chi connectivity index (χ1v) is 11.8. The molecule has 4 rings (SSSR count). The molecule has 0 atom stereocenters. The monoisotopic (exact) mass is 471 g/mol. The molecule has 2 fully saturated rings. The summed E-state index contributed by atoms with van der Waals surface area (Å²) in [6.07, 6.45) is 3.83. The average Bonchev–Trinajstić information content (AvgIpc) is 2.72. The lowest BCUT2D eigenvalue weighted by molar-refractivity contribution is -0.145. The Kier molecular flexibility index (Phi) is 6.86. The number of nitrogens with zero attached hydrogens (tertiary/aromatic N) is 2. The van der Waals surface area contributed by atoms with Crippen molar-refractivity contribution in [1.29, 1.82) is 0 Å². The minimum Gasteiger partial charge on any atom is -0.415 e. The summed E-state index contributed by atoms with van der Waals surface area (Å²) < 4.78 is 30.5. The fourth-order valence-corrected chi connectivity index (χ4v) is 4.77. The lowest BCUT2D eigenvalue weighted by atomic mass is 9.69. The van der Waals surface area contributed by atoms with Crippen LogP contribution in [0, 0.1) is 12.8 Å². The summed E-state index contributed by atoms with van der Waals surface area (Å²) in [4.78, 5) is 32.3. The predicted molar refractivity (Wildman–Crippen MR) is 125 cm³/mol. The number of nitrogens with one attached hydrogen (secondary N) is 1. The molecule has 1 aromatic heterocycles. The predicted octanol–water partition coefficient (Wildman–Crippen LogP) is 5.02. The summed E-state index contributed by atoms with van der Waals surface area (Å²) in [5.41, 5.74) is 1.46. The number of carbonyl (C=O) groups is 2. The minimum atomic E-state index is -3.07. The van der Waals surface area contributed by atoms with Crippen molar-refractivity contribution in [3.05, 3.63) is 53.2 Å². The SMILES string of the molecule is Cc1ccc(NC(=O)C2(c3ccccc3C(C)C)CN(C(=O)CC3CCC3)C2)c(OC(F)F)n1. The highest BCUT2D eigenvalue weighted by atomic mass is 19.3. The van der Waals surface area contributed by atoms with Gasteiger partial charge in [0.1, 0.15) is 11.1 Å². The molecule has 34 heavy (non-hydrogen) atoms.